The number of benzene rings is 1. The fraction of sp³-hybridized carbons (Fsp3) is 0.533. The zero-order chi connectivity index (χ0) is 16.5. The van der Waals surface area contributed by atoms with Gasteiger partial charge < -0.3 is 21.5 Å². The van der Waals surface area contributed by atoms with Gasteiger partial charge in [0.25, 0.3) is 0 Å². The predicted molar refractivity (Wildman–Crippen MR) is 91.7 cm³/mol. The van der Waals surface area contributed by atoms with E-state index >= 15 is 0 Å². The molecule has 0 aliphatic rings. The van der Waals surface area contributed by atoms with E-state index in [1.165, 1.54) is 12.1 Å². The van der Waals surface area contributed by atoms with Gasteiger partial charge in [-0.3, -0.25) is 4.79 Å². The topological polar surface area (TPSA) is 87.4 Å². The molecule has 124 valence electrons. The Kier molecular flexibility index (Phi) is 8.38. The van der Waals surface area contributed by atoms with E-state index in [4.69, 9.17) is 28.9 Å². The SMILES string of the molecule is CCCC(N)CCNC(=O)CCNc1cc(Cl)c(Cl)cc1O. The van der Waals surface area contributed by atoms with Crippen molar-refractivity contribution in [2.75, 3.05) is 18.4 Å². The molecule has 1 aromatic rings. The van der Waals surface area contributed by atoms with Crippen LogP contribution in [0.5, 0.6) is 5.75 Å². The standard InChI is InChI=1S/C15H23Cl2N3O2/c1-2-3-10(18)4-6-20-15(22)5-7-19-13-8-11(16)12(17)9-14(13)21/h8-10,19,21H,2-7,18H2,1H3,(H,20,22). The van der Waals surface area contributed by atoms with Crippen LogP contribution in [0.15, 0.2) is 12.1 Å². The van der Waals surface area contributed by atoms with Crippen LogP contribution in [0.25, 0.3) is 0 Å². The van der Waals surface area contributed by atoms with Crippen molar-refractivity contribution >= 4 is 34.8 Å². The van der Waals surface area contributed by atoms with Crippen LogP contribution in [0.4, 0.5) is 5.69 Å². The maximum absolute atomic E-state index is 11.7. The molecule has 0 saturated heterocycles. The number of rotatable bonds is 9. The van der Waals surface area contributed by atoms with Crippen molar-refractivity contribution in [1.29, 1.82) is 0 Å². The van der Waals surface area contributed by atoms with Crippen molar-refractivity contribution in [2.45, 2.75) is 38.6 Å². The van der Waals surface area contributed by atoms with Crippen molar-refractivity contribution < 1.29 is 9.90 Å². The number of phenols is 1. The number of aromatic hydroxyl groups is 1. The van der Waals surface area contributed by atoms with Crippen LogP contribution < -0.4 is 16.4 Å². The van der Waals surface area contributed by atoms with E-state index in [2.05, 4.69) is 17.6 Å². The van der Waals surface area contributed by atoms with E-state index in [-0.39, 0.29) is 22.7 Å². The summed E-state index contributed by atoms with van der Waals surface area (Å²) >= 11 is 11.7. The first-order valence-corrected chi connectivity index (χ1v) is 8.13. The number of nitrogens with one attached hydrogen (secondary N) is 2. The van der Waals surface area contributed by atoms with Crippen LogP contribution in [-0.2, 0) is 4.79 Å². The van der Waals surface area contributed by atoms with Gasteiger partial charge in [-0.1, -0.05) is 36.5 Å². The Balaban J connectivity index is 2.26. The summed E-state index contributed by atoms with van der Waals surface area (Å²) in [6, 6.07) is 3.03. The molecule has 0 radical (unpaired) electrons. The summed E-state index contributed by atoms with van der Waals surface area (Å²) in [5, 5.41) is 16.1. The van der Waals surface area contributed by atoms with E-state index in [1.807, 2.05) is 0 Å². The Morgan fingerprint density at radius 1 is 1.27 bits per heavy atom. The van der Waals surface area contributed by atoms with Gasteiger partial charge in [-0.25, -0.2) is 0 Å². The molecule has 0 bridgehead atoms. The molecule has 5 nitrogen and oxygen atoms in total. The van der Waals surface area contributed by atoms with Crippen molar-refractivity contribution in [2.24, 2.45) is 5.73 Å². The fourth-order valence-electron chi connectivity index (χ4n) is 1.99. The summed E-state index contributed by atoms with van der Waals surface area (Å²) in [6.45, 7) is 3.05. The van der Waals surface area contributed by atoms with Crippen LogP contribution in [0.1, 0.15) is 32.6 Å². The minimum atomic E-state index is -0.0595. The lowest BCUT2D eigenvalue weighted by Gasteiger charge is -2.12. The van der Waals surface area contributed by atoms with Gasteiger partial charge in [0.1, 0.15) is 5.75 Å². The molecule has 0 saturated carbocycles. The molecule has 0 spiro atoms. The van der Waals surface area contributed by atoms with Crippen LogP contribution in [0.3, 0.4) is 0 Å². The van der Waals surface area contributed by atoms with E-state index in [0.29, 0.717) is 30.2 Å². The number of carbonyl (C=O) groups excluding carboxylic acids is 1. The molecule has 5 N–H and O–H groups in total. The van der Waals surface area contributed by atoms with Crippen molar-refractivity contribution in [3.63, 3.8) is 0 Å². The third kappa shape index (κ3) is 6.73. The smallest absolute Gasteiger partial charge is 0.221 e. The number of hydrogen-bond acceptors (Lipinski definition) is 4. The first-order chi connectivity index (χ1) is 10.4. The Morgan fingerprint density at radius 3 is 2.64 bits per heavy atom. The van der Waals surface area contributed by atoms with Gasteiger partial charge in [0.15, 0.2) is 0 Å². The third-order valence-corrected chi connectivity index (χ3v) is 3.93. The Bertz CT molecular complexity index is 498. The highest BCUT2D eigenvalue weighted by Crippen LogP contribution is 2.33. The lowest BCUT2D eigenvalue weighted by Crippen LogP contribution is -2.31. The average Bonchev–Trinajstić information content (AvgIpc) is 2.44. The van der Waals surface area contributed by atoms with Gasteiger partial charge in [0, 0.05) is 31.6 Å². The zero-order valence-electron chi connectivity index (χ0n) is 12.7. The summed E-state index contributed by atoms with van der Waals surface area (Å²) in [4.78, 5) is 11.7. The number of carbonyl (C=O) groups is 1. The summed E-state index contributed by atoms with van der Waals surface area (Å²) in [6.07, 6.45) is 3.09. The number of phenolic OH excluding ortho intramolecular Hbond substituents is 1. The number of anilines is 1. The molecule has 1 unspecified atom stereocenters. The minimum absolute atomic E-state index is 0.000322. The van der Waals surface area contributed by atoms with Crippen molar-refractivity contribution in [3.8, 4) is 5.75 Å². The van der Waals surface area contributed by atoms with Crippen LogP contribution in [0, 0.1) is 0 Å². The quantitative estimate of drug-likeness (QED) is 0.517. The second-order valence-corrected chi connectivity index (χ2v) is 5.96. The van der Waals surface area contributed by atoms with Crippen molar-refractivity contribution in [3.05, 3.63) is 22.2 Å². The maximum atomic E-state index is 11.7. The zero-order valence-corrected chi connectivity index (χ0v) is 14.2. The molecular weight excluding hydrogens is 325 g/mol. The largest absolute Gasteiger partial charge is 0.506 e. The average molecular weight is 348 g/mol. The summed E-state index contributed by atoms with van der Waals surface area (Å²) < 4.78 is 0. The number of halogens is 2. The molecule has 7 heteroatoms. The van der Waals surface area contributed by atoms with Gasteiger partial charge in [0.2, 0.25) is 5.91 Å². The molecule has 0 aromatic heterocycles. The summed E-state index contributed by atoms with van der Waals surface area (Å²) in [7, 11) is 0. The molecule has 1 amide bonds. The molecule has 1 aromatic carbocycles. The van der Waals surface area contributed by atoms with Gasteiger partial charge in [-0.05, 0) is 18.9 Å². The van der Waals surface area contributed by atoms with E-state index < -0.39 is 0 Å². The lowest BCUT2D eigenvalue weighted by atomic mass is 10.1. The third-order valence-electron chi connectivity index (χ3n) is 3.20. The van der Waals surface area contributed by atoms with Crippen LogP contribution in [0.2, 0.25) is 10.0 Å². The Morgan fingerprint density at radius 2 is 1.95 bits per heavy atom. The second-order valence-electron chi connectivity index (χ2n) is 5.15. The van der Waals surface area contributed by atoms with E-state index in [1.54, 1.807) is 0 Å². The highest BCUT2D eigenvalue weighted by atomic mass is 35.5. The highest BCUT2D eigenvalue weighted by Gasteiger charge is 2.08. The monoisotopic (exact) mass is 347 g/mol. The highest BCUT2D eigenvalue weighted by molar-refractivity contribution is 6.42. The molecule has 1 atom stereocenters. The van der Waals surface area contributed by atoms with Crippen molar-refractivity contribution in [1.82, 2.24) is 5.32 Å². The summed E-state index contributed by atoms with van der Waals surface area (Å²) in [5.74, 6) is -0.0592. The van der Waals surface area contributed by atoms with E-state index in [9.17, 15) is 9.90 Å². The second kappa shape index (κ2) is 9.77. The number of nitrogens with two attached hydrogens (primary N) is 1. The van der Waals surface area contributed by atoms with Gasteiger partial charge in [0.05, 0.1) is 15.7 Å². The summed E-state index contributed by atoms with van der Waals surface area (Å²) in [5.41, 5.74) is 6.33. The molecule has 0 aliphatic carbocycles. The van der Waals surface area contributed by atoms with Gasteiger partial charge in [-0.15, -0.1) is 0 Å². The molecule has 1 rings (SSSR count). The maximum Gasteiger partial charge on any atom is 0.221 e. The molecular formula is C15H23Cl2N3O2. The first-order valence-electron chi connectivity index (χ1n) is 7.38. The van der Waals surface area contributed by atoms with Crippen LogP contribution in [-0.4, -0.2) is 30.1 Å². The lowest BCUT2D eigenvalue weighted by molar-refractivity contribution is -0.120. The van der Waals surface area contributed by atoms with E-state index in [0.717, 1.165) is 19.3 Å². The number of amides is 1. The normalized spacial score (nSPS) is 12.0. The van der Waals surface area contributed by atoms with Gasteiger partial charge >= 0.3 is 0 Å². The van der Waals surface area contributed by atoms with Crippen LogP contribution >= 0.6 is 23.2 Å². The number of hydrogen-bond donors (Lipinski definition) is 4. The van der Waals surface area contributed by atoms with Gasteiger partial charge in [-0.2, -0.15) is 0 Å². The molecule has 0 heterocycles. The Labute approximate surface area is 141 Å². The minimum Gasteiger partial charge on any atom is -0.506 e. The molecule has 0 fully saturated rings. The molecule has 0 aliphatic heterocycles. The fourth-order valence-corrected chi connectivity index (χ4v) is 2.31. The predicted octanol–water partition coefficient (Wildman–Crippen LogP) is 3.13. The Hall–Kier alpha value is -1.17. The first kappa shape index (κ1) is 18.9. The molecule has 22 heavy (non-hydrogen) atoms.